The van der Waals surface area contributed by atoms with Gasteiger partial charge >= 0.3 is 0 Å². The number of hydrogen-bond donors (Lipinski definition) is 0. The number of rotatable bonds is 3. The fourth-order valence-electron chi connectivity index (χ4n) is 2.25. The van der Waals surface area contributed by atoms with Crippen LogP contribution >= 0.6 is 0 Å². The van der Waals surface area contributed by atoms with Gasteiger partial charge in [-0.3, -0.25) is 0 Å². The molecular formula is C15H18O. The summed E-state index contributed by atoms with van der Waals surface area (Å²) in [6, 6.07) is 10.4. The summed E-state index contributed by atoms with van der Waals surface area (Å²) in [7, 11) is 0. The molecule has 1 heterocycles. The molecule has 0 bridgehead atoms. The summed E-state index contributed by atoms with van der Waals surface area (Å²) in [4.78, 5) is 0. The Balaban J connectivity index is 2.21. The van der Waals surface area contributed by atoms with Crippen molar-refractivity contribution >= 4 is 0 Å². The molecule has 0 amide bonds. The maximum absolute atomic E-state index is 6.04. The molecule has 0 saturated carbocycles. The molecule has 1 aromatic carbocycles. The van der Waals surface area contributed by atoms with Gasteiger partial charge in [-0.15, -0.1) is 13.2 Å². The van der Waals surface area contributed by atoms with Crippen molar-refractivity contribution in [2.45, 2.75) is 25.0 Å². The molecule has 1 fully saturated rings. The monoisotopic (exact) mass is 214 g/mol. The number of ether oxygens (including phenoxy) is 1. The van der Waals surface area contributed by atoms with Crippen molar-refractivity contribution in [3.63, 3.8) is 0 Å². The first-order chi connectivity index (χ1) is 7.85. The van der Waals surface area contributed by atoms with E-state index >= 15 is 0 Å². The largest absolute Gasteiger partial charge is 0.366 e. The van der Waals surface area contributed by atoms with Crippen molar-refractivity contribution in [3.8, 4) is 0 Å². The Labute approximate surface area is 97.4 Å². The third-order valence-corrected chi connectivity index (χ3v) is 3.19. The molecule has 84 valence electrons. The third-order valence-electron chi connectivity index (χ3n) is 3.19. The molecule has 1 nitrogen and oxygen atoms in total. The van der Waals surface area contributed by atoms with Crippen molar-refractivity contribution in [1.29, 1.82) is 0 Å². The van der Waals surface area contributed by atoms with E-state index in [1.54, 1.807) is 0 Å². The van der Waals surface area contributed by atoms with E-state index in [1.807, 2.05) is 18.2 Å². The van der Waals surface area contributed by atoms with Crippen molar-refractivity contribution < 1.29 is 4.74 Å². The van der Waals surface area contributed by atoms with Gasteiger partial charge in [-0.05, 0) is 18.4 Å². The van der Waals surface area contributed by atoms with E-state index in [4.69, 9.17) is 4.74 Å². The lowest BCUT2D eigenvalue weighted by Crippen LogP contribution is -2.27. The topological polar surface area (TPSA) is 9.23 Å². The summed E-state index contributed by atoms with van der Waals surface area (Å²) in [5, 5.41) is 0. The summed E-state index contributed by atoms with van der Waals surface area (Å²) in [6.07, 6.45) is 6.40. The minimum atomic E-state index is 0.135. The highest BCUT2D eigenvalue weighted by molar-refractivity contribution is 5.20. The summed E-state index contributed by atoms with van der Waals surface area (Å²) in [5.41, 5.74) is 1.24. The van der Waals surface area contributed by atoms with Crippen molar-refractivity contribution in [1.82, 2.24) is 0 Å². The van der Waals surface area contributed by atoms with Gasteiger partial charge in [0.05, 0.1) is 12.2 Å². The molecule has 0 aromatic heterocycles. The lowest BCUT2D eigenvalue weighted by molar-refractivity contribution is -0.0506. The van der Waals surface area contributed by atoms with E-state index in [0.717, 1.165) is 12.8 Å². The minimum absolute atomic E-state index is 0.135. The average Bonchev–Trinajstić information content (AvgIpc) is 2.39. The number of hydrogen-bond acceptors (Lipinski definition) is 1. The zero-order valence-corrected chi connectivity index (χ0v) is 9.51. The Morgan fingerprint density at radius 2 is 1.81 bits per heavy atom. The molecule has 1 aliphatic rings. The first-order valence-electron chi connectivity index (χ1n) is 5.80. The molecule has 0 aliphatic carbocycles. The summed E-state index contributed by atoms with van der Waals surface area (Å²) >= 11 is 0. The molecular weight excluding hydrogens is 196 g/mol. The average molecular weight is 214 g/mol. The molecule has 0 N–H and O–H groups in total. The third kappa shape index (κ3) is 2.25. The van der Waals surface area contributed by atoms with E-state index in [0.29, 0.717) is 5.92 Å². The van der Waals surface area contributed by atoms with Gasteiger partial charge in [0.25, 0.3) is 0 Å². The highest BCUT2D eigenvalue weighted by atomic mass is 16.5. The molecule has 2 rings (SSSR count). The van der Waals surface area contributed by atoms with E-state index in [1.165, 1.54) is 5.56 Å². The van der Waals surface area contributed by atoms with Crippen molar-refractivity contribution in [3.05, 3.63) is 61.2 Å². The lowest BCUT2D eigenvalue weighted by atomic mass is 9.87. The van der Waals surface area contributed by atoms with Crippen LogP contribution in [-0.4, -0.2) is 6.10 Å². The maximum atomic E-state index is 6.04. The SMILES string of the molecule is C=CC1CCC(C=C)C(c2ccccc2)O1. The van der Waals surface area contributed by atoms with E-state index in [9.17, 15) is 0 Å². The summed E-state index contributed by atoms with van der Waals surface area (Å²) < 4.78 is 6.04. The van der Waals surface area contributed by atoms with Gasteiger partial charge in [-0.2, -0.15) is 0 Å². The maximum Gasteiger partial charge on any atom is 0.0895 e. The molecule has 1 aromatic rings. The molecule has 3 atom stereocenters. The van der Waals surface area contributed by atoms with Crippen LogP contribution in [0.25, 0.3) is 0 Å². The minimum Gasteiger partial charge on any atom is -0.366 e. The van der Waals surface area contributed by atoms with Crippen LogP contribution in [0.2, 0.25) is 0 Å². The number of benzene rings is 1. The zero-order valence-electron chi connectivity index (χ0n) is 9.51. The van der Waals surface area contributed by atoms with Gasteiger partial charge < -0.3 is 4.74 Å². The first-order valence-corrected chi connectivity index (χ1v) is 5.80. The highest BCUT2D eigenvalue weighted by Crippen LogP contribution is 2.37. The van der Waals surface area contributed by atoms with E-state index in [-0.39, 0.29) is 12.2 Å². The highest BCUT2D eigenvalue weighted by Gasteiger charge is 2.28. The predicted molar refractivity (Wildman–Crippen MR) is 67.2 cm³/mol. The normalized spacial score (nSPS) is 29.6. The fourth-order valence-corrected chi connectivity index (χ4v) is 2.25. The molecule has 3 unspecified atom stereocenters. The molecule has 1 aliphatic heterocycles. The van der Waals surface area contributed by atoms with Crippen molar-refractivity contribution in [2.75, 3.05) is 0 Å². The zero-order chi connectivity index (χ0) is 11.4. The smallest absolute Gasteiger partial charge is 0.0895 e. The molecule has 1 saturated heterocycles. The van der Waals surface area contributed by atoms with Gasteiger partial charge in [0.15, 0.2) is 0 Å². The van der Waals surface area contributed by atoms with Crippen LogP contribution in [-0.2, 0) is 4.74 Å². The quantitative estimate of drug-likeness (QED) is 0.693. The van der Waals surface area contributed by atoms with Gasteiger partial charge in [0, 0.05) is 5.92 Å². The van der Waals surface area contributed by atoms with Crippen LogP contribution in [0.4, 0.5) is 0 Å². The van der Waals surface area contributed by atoms with Crippen LogP contribution in [0.5, 0.6) is 0 Å². The summed E-state index contributed by atoms with van der Waals surface area (Å²) in [5.74, 6) is 0.415. The molecule has 16 heavy (non-hydrogen) atoms. The van der Waals surface area contributed by atoms with Gasteiger partial charge in [-0.1, -0.05) is 42.5 Å². The summed E-state index contributed by atoms with van der Waals surface area (Å²) in [6.45, 7) is 7.72. The first kappa shape index (κ1) is 11.2. The van der Waals surface area contributed by atoms with E-state index in [2.05, 4.69) is 37.4 Å². The molecule has 0 radical (unpaired) electrons. The van der Waals surface area contributed by atoms with Gasteiger partial charge in [0.2, 0.25) is 0 Å². The van der Waals surface area contributed by atoms with Crippen LogP contribution in [0, 0.1) is 5.92 Å². The van der Waals surface area contributed by atoms with Crippen LogP contribution in [0.15, 0.2) is 55.6 Å². The molecule has 1 heteroatoms. The Kier molecular flexibility index (Phi) is 3.58. The van der Waals surface area contributed by atoms with Crippen LogP contribution in [0.3, 0.4) is 0 Å². The second kappa shape index (κ2) is 5.13. The standard InChI is InChI=1S/C15H18O/c1-3-12-10-11-14(4-2)16-15(12)13-8-6-5-7-9-13/h3-9,12,14-15H,1-2,10-11H2. The molecule has 0 spiro atoms. The predicted octanol–water partition coefficient (Wildman–Crippen LogP) is 3.89. The Bertz CT molecular complexity index is 355. The Morgan fingerprint density at radius 1 is 1.06 bits per heavy atom. The van der Waals surface area contributed by atoms with E-state index < -0.39 is 0 Å². The second-order valence-electron chi connectivity index (χ2n) is 4.22. The Morgan fingerprint density at radius 3 is 2.44 bits per heavy atom. The fraction of sp³-hybridized carbons (Fsp3) is 0.333. The lowest BCUT2D eigenvalue weighted by Gasteiger charge is -2.34. The van der Waals surface area contributed by atoms with Crippen LogP contribution in [0.1, 0.15) is 24.5 Å². The van der Waals surface area contributed by atoms with Crippen LogP contribution < -0.4 is 0 Å². The van der Waals surface area contributed by atoms with Gasteiger partial charge in [0.1, 0.15) is 0 Å². The van der Waals surface area contributed by atoms with Gasteiger partial charge in [-0.25, -0.2) is 0 Å². The second-order valence-corrected chi connectivity index (χ2v) is 4.22. The van der Waals surface area contributed by atoms with Crippen molar-refractivity contribution in [2.24, 2.45) is 5.92 Å². The Hall–Kier alpha value is -1.34.